The minimum Gasteiger partial charge on any atom is -0.504 e. The van der Waals surface area contributed by atoms with Crippen LogP contribution in [0.3, 0.4) is 0 Å². The Labute approximate surface area is 120 Å². The molecule has 1 aromatic rings. The maximum Gasteiger partial charge on any atom is 0.162 e. The van der Waals surface area contributed by atoms with E-state index in [-0.39, 0.29) is 5.75 Å². The fourth-order valence-corrected chi connectivity index (χ4v) is 2.85. The van der Waals surface area contributed by atoms with E-state index >= 15 is 0 Å². The molecule has 3 nitrogen and oxygen atoms in total. The van der Waals surface area contributed by atoms with Gasteiger partial charge in [0.2, 0.25) is 0 Å². The first kappa shape index (κ1) is 14.5. The summed E-state index contributed by atoms with van der Waals surface area (Å²) in [6, 6.07) is 3.48. The lowest BCUT2D eigenvalue weighted by Gasteiger charge is -2.25. The van der Waals surface area contributed by atoms with E-state index in [1.54, 1.807) is 13.2 Å². The molecule has 0 amide bonds. The molecule has 1 aliphatic rings. The molecule has 0 bridgehead atoms. The fourth-order valence-electron chi connectivity index (χ4n) is 2.62. The first-order valence-corrected chi connectivity index (χ1v) is 7.36. The predicted octanol–water partition coefficient (Wildman–Crippen LogP) is 3.82. The van der Waals surface area contributed by atoms with Crippen LogP contribution in [-0.4, -0.2) is 30.2 Å². The lowest BCUT2D eigenvalue weighted by molar-refractivity contribution is 0.236. The summed E-state index contributed by atoms with van der Waals surface area (Å²) in [5.74, 6) is 0.670. The number of rotatable bonds is 3. The molecule has 0 unspecified atom stereocenters. The zero-order valence-corrected chi connectivity index (χ0v) is 12.2. The van der Waals surface area contributed by atoms with E-state index in [0.29, 0.717) is 10.8 Å². The number of halogens is 1. The van der Waals surface area contributed by atoms with Crippen LogP contribution in [0.2, 0.25) is 5.02 Å². The number of likely N-dealkylation sites (tertiary alicyclic amines) is 1. The monoisotopic (exact) mass is 283 g/mol. The second-order valence-electron chi connectivity index (χ2n) is 5.16. The standard InChI is InChI=1S/C15H22ClNO2/c1-19-14-10-13(16)9-12(15(14)18)11-17-7-5-3-2-4-6-8-17/h9-10,18H,2-8,11H2,1H3. The van der Waals surface area contributed by atoms with Crippen molar-refractivity contribution in [3.63, 3.8) is 0 Å². The normalized spacial score (nSPS) is 17.8. The number of methoxy groups -OCH3 is 1. The van der Waals surface area contributed by atoms with Crippen molar-refractivity contribution in [3.8, 4) is 11.5 Å². The van der Waals surface area contributed by atoms with Crippen LogP contribution in [-0.2, 0) is 6.54 Å². The van der Waals surface area contributed by atoms with E-state index in [9.17, 15) is 5.11 Å². The van der Waals surface area contributed by atoms with Gasteiger partial charge in [-0.25, -0.2) is 0 Å². The highest BCUT2D eigenvalue weighted by Crippen LogP contribution is 2.34. The summed E-state index contributed by atoms with van der Waals surface area (Å²) in [4.78, 5) is 2.39. The van der Waals surface area contributed by atoms with Crippen molar-refractivity contribution in [2.75, 3.05) is 20.2 Å². The van der Waals surface area contributed by atoms with Gasteiger partial charge in [-0.2, -0.15) is 0 Å². The molecule has 1 aromatic carbocycles. The van der Waals surface area contributed by atoms with Crippen molar-refractivity contribution < 1.29 is 9.84 Å². The molecule has 0 saturated carbocycles. The van der Waals surface area contributed by atoms with Gasteiger partial charge in [0.1, 0.15) is 0 Å². The molecule has 4 heteroatoms. The van der Waals surface area contributed by atoms with Crippen LogP contribution in [0.15, 0.2) is 12.1 Å². The Balaban J connectivity index is 2.10. The van der Waals surface area contributed by atoms with Gasteiger partial charge in [0.05, 0.1) is 7.11 Å². The minimum absolute atomic E-state index is 0.217. The molecule has 1 aliphatic heterocycles. The topological polar surface area (TPSA) is 32.7 Å². The maximum absolute atomic E-state index is 10.2. The third-order valence-corrected chi connectivity index (χ3v) is 3.90. The van der Waals surface area contributed by atoms with Crippen LogP contribution in [0.4, 0.5) is 0 Å². The molecule has 2 rings (SSSR count). The summed E-state index contributed by atoms with van der Waals surface area (Å²) >= 11 is 6.07. The zero-order valence-electron chi connectivity index (χ0n) is 11.5. The van der Waals surface area contributed by atoms with Gasteiger partial charge in [-0.3, -0.25) is 4.90 Å². The van der Waals surface area contributed by atoms with E-state index in [4.69, 9.17) is 16.3 Å². The van der Waals surface area contributed by atoms with E-state index in [2.05, 4.69) is 4.90 Å². The highest BCUT2D eigenvalue weighted by atomic mass is 35.5. The summed E-state index contributed by atoms with van der Waals surface area (Å²) < 4.78 is 5.15. The van der Waals surface area contributed by atoms with Crippen molar-refractivity contribution in [1.29, 1.82) is 0 Å². The van der Waals surface area contributed by atoms with Gasteiger partial charge < -0.3 is 9.84 Å². The molecule has 0 atom stereocenters. The first-order valence-electron chi connectivity index (χ1n) is 6.98. The van der Waals surface area contributed by atoms with E-state index in [1.807, 2.05) is 6.07 Å². The highest BCUT2D eigenvalue weighted by molar-refractivity contribution is 6.30. The number of aromatic hydroxyl groups is 1. The van der Waals surface area contributed by atoms with Crippen molar-refractivity contribution in [2.24, 2.45) is 0 Å². The lowest BCUT2D eigenvalue weighted by Crippen LogP contribution is -2.26. The molecular weight excluding hydrogens is 262 g/mol. The Kier molecular flexibility index (Phi) is 5.34. The van der Waals surface area contributed by atoms with Gasteiger partial charge >= 0.3 is 0 Å². The number of phenolic OH excluding ortho intramolecular Hbond substituents is 1. The van der Waals surface area contributed by atoms with Crippen LogP contribution < -0.4 is 4.74 Å². The molecular formula is C15H22ClNO2. The number of nitrogens with zero attached hydrogens (tertiary/aromatic N) is 1. The Bertz CT molecular complexity index is 415. The highest BCUT2D eigenvalue weighted by Gasteiger charge is 2.14. The second kappa shape index (κ2) is 7.01. The third kappa shape index (κ3) is 4.02. The van der Waals surface area contributed by atoms with Crippen molar-refractivity contribution >= 4 is 11.6 Å². The number of hydrogen-bond donors (Lipinski definition) is 1. The first-order chi connectivity index (χ1) is 9.20. The van der Waals surface area contributed by atoms with Crippen molar-refractivity contribution in [2.45, 2.75) is 38.6 Å². The van der Waals surface area contributed by atoms with Crippen LogP contribution in [0, 0.1) is 0 Å². The Morgan fingerprint density at radius 3 is 2.42 bits per heavy atom. The van der Waals surface area contributed by atoms with Crippen molar-refractivity contribution in [1.82, 2.24) is 4.90 Å². The lowest BCUT2D eigenvalue weighted by atomic mass is 10.1. The Morgan fingerprint density at radius 2 is 1.79 bits per heavy atom. The van der Waals surface area contributed by atoms with Crippen molar-refractivity contribution in [3.05, 3.63) is 22.7 Å². The SMILES string of the molecule is COc1cc(Cl)cc(CN2CCCCCCC2)c1O. The third-order valence-electron chi connectivity index (χ3n) is 3.68. The number of benzene rings is 1. The van der Waals surface area contributed by atoms with Crippen LogP contribution in [0.5, 0.6) is 11.5 Å². The fraction of sp³-hybridized carbons (Fsp3) is 0.600. The van der Waals surface area contributed by atoms with Gasteiger partial charge in [-0.05, 0) is 32.0 Å². The quantitative estimate of drug-likeness (QED) is 0.915. The number of phenols is 1. The van der Waals surface area contributed by atoms with Gasteiger partial charge in [-0.1, -0.05) is 30.9 Å². The molecule has 0 aliphatic carbocycles. The minimum atomic E-state index is 0.217. The average Bonchev–Trinajstić information content (AvgIpc) is 2.36. The van der Waals surface area contributed by atoms with E-state index < -0.39 is 0 Å². The van der Waals surface area contributed by atoms with Crippen LogP contribution in [0.1, 0.15) is 37.7 Å². The number of ether oxygens (including phenoxy) is 1. The summed E-state index contributed by atoms with van der Waals surface area (Å²) in [7, 11) is 1.55. The molecule has 0 spiro atoms. The van der Waals surface area contributed by atoms with E-state index in [1.165, 1.54) is 32.1 Å². The molecule has 106 valence electrons. The van der Waals surface area contributed by atoms with E-state index in [0.717, 1.165) is 25.2 Å². The Morgan fingerprint density at radius 1 is 1.16 bits per heavy atom. The maximum atomic E-state index is 10.2. The van der Waals surface area contributed by atoms with Crippen LogP contribution in [0.25, 0.3) is 0 Å². The summed E-state index contributed by atoms with van der Waals surface area (Å²) in [6.07, 6.45) is 6.43. The average molecular weight is 284 g/mol. The molecule has 1 saturated heterocycles. The van der Waals surface area contributed by atoms with Crippen LogP contribution >= 0.6 is 11.6 Å². The smallest absolute Gasteiger partial charge is 0.162 e. The second-order valence-corrected chi connectivity index (χ2v) is 5.60. The molecule has 0 radical (unpaired) electrons. The Hall–Kier alpha value is -0.930. The molecule has 1 N–H and O–H groups in total. The summed E-state index contributed by atoms with van der Waals surface area (Å²) in [5.41, 5.74) is 0.852. The molecule has 1 heterocycles. The summed E-state index contributed by atoms with van der Waals surface area (Å²) in [6.45, 7) is 2.92. The molecule has 1 fully saturated rings. The molecule has 0 aromatic heterocycles. The summed E-state index contributed by atoms with van der Waals surface area (Å²) in [5, 5.41) is 10.8. The zero-order chi connectivity index (χ0) is 13.7. The number of hydrogen-bond acceptors (Lipinski definition) is 3. The predicted molar refractivity (Wildman–Crippen MR) is 78.0 cm³/mol. The van der Waals surface area contributed by atoms with Gasteiger partial charge in [-0.15, -0.1) is 0 Å². The van der Waals surface area contributed by atoms with Gasteiger partial charge in [0, 0.05) is 23.2 Å². The molecule has 19 heavy (non-hydrogen) atoms. The van der Waals surface area contributed by atoms with Gasteiger partial charge in [0.25, 0.3) is 0 Å². The largest absolute Gasteiger partial charge is 0.504 e. The van der Waals surface area contributed by atoms with Gasteiger partial charge in [0.15, 0.2) is 11.5 Å².